The molecule has 3 aromatic carbocycles. The van der Waals surface area contributed by atoms with E-state index in [9.17, 15) is 4.79 Å². The number of nitrogens with one attached hydrogen (secondary N) is 2. The number of fused-ring (bicyclic) bond motifs is 1. The molecule has 4 aromatic rings. The molecule has 2 aliphatic heterocycles. The quantitative estimate of drug-likeness (QED) is 0.447. The largest absolute Gasteiger partial charge is 0.337 e. The Morgan fingerprint density at radius 3 is 2.50 bits per heavy atom. The summed E-state index contributed by atoms with van der Waals surface area (Å²) >= 11 is 0. The zero-order valence-electron chi connectivity index (χ0n) is 19.0. The molecule has 5 nitrogen and oxygen atoms in total. The molecular weight excluding hydrogens is 420 g/mol. The summed E-state index contributed by atoms with van der Waals surface area (Å²) in [6, 6.07) is 24.1. The SMILES string of the molecule is O=C(c1ccc2[nH]nc(C#Cc3ccccc3-c3ccccc3)c2c1)N1CC2(CCNCC2)C1. The topological polar surface area (TPSA) is 61.0 Å². The minimum atomic E-state index is 0.0978. The first kappa shape index (κ1) is 20.7. The fourth-order valence-corrected chi connectivity index (χ4v) is 5.19. The molecule has 0 unspecified atom stereocenters. The predicted octanol–water partition coefficient (Wildman–Crippen LogP) is 4.46. The van der Waals surface area contributed by atoms with Crippen LogP contribution >= 0.6 is 0 Å². The number of carbonyl (C=O) groups is 1. The molecule has 0 aliphatic carbocycles. The third kappa shape index (κ3) is 3.76. The number of aromatic amines is 1. The summed E-state index contributed by atoms with van der Waals surface area (Å²) in [5, 5.41) is 11.8. The molecule has 2 saturated heterocycles. The van der Waals surface area contributed by atoms with Crippen molar-refractivity contribution in [1.29, 1.82) is 0 Å². The third-order valence-corrected chi connectivity index (χ3v) is 7.14. The summed E-state index contributed by atoms with van der Waals surface area (Å²) in [7, 11) is 0. The maximum atomic E-state index is 13.2. The number of rotatable bonds is 2. The second-order valence-electron chi connectivity index (χ2n) is 9.41. The first-order chi connectivity index (χ1) is 16.7. The molecule has 1 amide bonds. The second kappa shape index (κ2) is 8.48. The highest BCUT2D eigenvalue weighted by Crippen LogP contribution is 2.39. The number of nitrogens with zero attached hydrogens (tertiary/aromatic N) is 2. The Morgan fingerprint density at radius 2 is 1.68 bits per heavy atom. The summed E-state index contributed by atoms with van der Waals surface area (Å²) < 4.78 is 0. The van der Waals surface area contributed by atoms with Gasteiger partial charge < -0.3 is 10.2 Å². The molecule has 0 atom stereocenters. The van der Waals surface area contributed by atoms with E-state index in [-0.39, 0.29) is 5.91 Å². The van der Waals surface area contributed by atoms with Crippen LogP contribution in [0.1, 0.15) is 34.5 Å². The predicted molar refractivity (Wildman–Crippen MR) is 134 cm³/mol. The van der Waals surface area contributed by atoms with Crippen LogP contribution in [0.15, 0.2) is 72.8 Å². The zero-order valence-corrected chi connectivity index (χ0v) is 19.0. The smallest absolute Gasteiger partial charge is 0.253 e. The van der Waals surface area contributed by atoms with Crippen LogP contribution in [0, 0.1) is 17.3 Å². The molecule has 1 spiro atoms. The lowest BCUT2D eigenvalue weighted by Crippen LogP contribution is -2.61. The van der Waals surface area contributed by atoms with Crippen molar-refractivity contribution in [3.8, 4) is 23.0 Å². The van der Waals surface area contributed by atoms with Crippen LogP contribution < -0.4 is 5.32 Å². The van der Waals surface area contributed by atoms with Crippen molar-refractivity contribution >= 4 is 16.8 Å². The van der Waals surface area contributed by atoms with Crippen LogP contribution in [0.25, 0.3) is 22.0 Å². The van der Waals surface area contributed by atoms with Gasteiger partial charge in [0.2, 0.25) is 0 Å². The van der Waals surface area contributed by atoms with E-state index in [0.717, 1.165) is 66.6 Å². The van der Waals surface area contributed by atoms with Gasteiger partial charge in [0.1, 0.15) is 5.69 Å². The van der Waals surface area contributed by atoms with Gasteiger partial charge >= 0.3 is 0 Å². The lowest BCUT2D eigenvalue weighted by molar-refractivity contribution is -0.0113. The van der Waals surface area contributed by atoms with Gasteiger partial charge in [0, 0.05) is 35.0 Å². The van der Waals surface area contributed by atoms with Crippen LogP contribution in [-0.4, -0.2) is 47.2 Å². The van der Waals surface area contributed by atoms with Crippen molar-refractivity contribution < 1.29 is 4.79 Å². The molecule has 34 heavy (non-hydrogen) atoms. The summed E-state index contributed by atoms with van der Waals surface area (Å²) in [4.78, 5) is 15.1. The molecule has 0 saturated carbocycles. The molecule has 2 N–H and O–H groups in total. The number of piperidine rings is 1. The first-order valence-corrected chi connectivity index (χ1v) is 11.9. The van der Waals surface area contributed by atoms with Gasteiger partial charge in [-0.05, 0) is 67.2 Å². The fraction of sp³-hybridized carbons (Fsp3) is 0.241. The van der Waals surface area contributed by atoms with Gasteiger partial charge in [0.15, 0.2) is 0 Å². The Balaban J connectivity index is 1.27. The standard InChI is InChI=1S/C29H26N4O/c34-28(33-19-29(20-33)14-16-30-17-15-29)23-11-13-27-25(18-23)26(31-32-27)12-10-22-8-4-5-9-24(22)21-6-2-1-3-7-21/h1-9,11,13,18,30H,14-17,19-20H2,(H,31,32). The highest BCUT2D eigenvalue weighted by atomic mass is 16.2. The Kier molecular flexibility index (Phi) is 5.16. The monoisotopic (exact) mass is 446 g/mol. The number of likely N-dealkylation sites (tertiary alicyclic amines) is 1. The Hall–Kier alpha value is -3.88. The number of hydrogen-bond acceptors (Lipinski definition) is 3. The Bertz CT molecular complexity index is 1410. The normalized spacial score (nSPS) is 16.6. The van der Waals surface area contributed by atoms with E-state index in [1.165, 1.54) is 0 Å². The van der Waals surface area contributed by atoms with Gasteiger partial charge in [0.05, 0.1) is 5.52 Å². The molecule has 1 aromatic heterocycles. The molecule has 2 fully saturated rings. The average molecular weight is 447 g/mol. The number of aromatic nitrogens is 2. The number of hydrogen-bond donors (Lipinski definition) is 2. The van der Waals surface area contributed by atoms with Crippen LogP contribution in [-0.2, 0) is 0 Å². The highest BCUT2D eigenvalue weighted by Gasteiger charge is 2.45. The summed E-state index contributed by atoms with van der Waals surface area (Å²) in [5.74, 6) is 6.64. The summed E-state index contributed by atoms with van der Waals surface area (Å²) in [6.07, 6.45) is 2.31. The number of H-pyrrole nitrogens is 1. The number of carbonyl (C=O) groups excluding carboxylic acids is 1. The summed E-state index contributed by atoms with van der Waals surface area (Å²) in [5.41, 5.74) is 5.74. The van der Waals surface area contributed by atoms with Gasteiger partial charge in [0.25, 0.3) is 5.91 Å². The van der Waals surface area contributed by atoms with Crippen molar-refractivity contribution in [2.24, 2.45) is 5.41 Å². The van der Waals surface area contributed by atoms with E-state index in [1.807, 2.05) is 59.5 Å². The van der Waals surface area contributed by atoms with E-state index in [0.29, 0.717) is 16.7 Å². The minimum Gasteiger partial charge on any atom is -0.337 e. The van der Waals surface area contributed by atoms with Crippen molar-refractivity contribution in [3.63, 3.8) is 0 Å². The number of benzene rings is 3. The third-order valence-electron chi connectivity index (χ3n) is 7.14. The molecule has 0 radical (unpaired) electrons. The van der Waals surface area contributed by atoms with E-state index in [4.69, 9.17) is 0 Å². The Labute approximate surface area is 199 Å². The Morgan fingerprint density at radius 1 is 0.912 bits per heavy atom. The van der Waals surface area contributed by atoms with Gasteiger partial charge in [-0.3, -0.25) is 9.89 Å². The molecule has 168 valence electrons. The van der Waals surface area contributed by atoms with E-state index in [1.54, 1.807) is 0 Å². The maximum Gasteiger partial charge on any atom is 0.253 e. The lowest BCUT2D eigenvalue weighted by atomic mass is 9.72. The number of amides is 1. The fourth-order valence-electron chi connectivity index (χ4n) is 5.19. The van der Waals surface area contributed by atoms with Crippen molar-refractivity contribution in [2.45, 2.75) is 12.8 Å². The molecule has 3 heterocycles. The van der Waals surface area contributed by atoms with E-state index < -0.39 is 0 Å². The first-order valence-electron chi connectivity index (χ1n) is 11.9. The van der Waals surface area contributed by atoms with E-state index in [2.05, 4.69) is 45.6 Å². The van der Waals surface area contributed by atoms with Crippen LogP contribution in [0.3, 0.4) is 0 Å². The highest BCUT2D eigenvalue weighted by molar-refractivity contribution is 5.99. The zero-order chi connectivity index (χ0) is 23.0. The van der Waals surface area contributed by atoms with Crippen LogP contribution in [0.2, 0.25) is 0 Å². The van der Waals surface area contributed by atoms with E-state index >= 15 is 0 Å². The van der Waals surface area contributed by atoms with Gasteiger partial charge in [-0.1, -0.05) is 54.5 Å². The molecule has 6 rings (SSSR count). The van der Waals surface area contributed by atoms with Gasteiger partial charge in [-0.15, -0.1) is 0 Å². The summed E-state index contributed by atoms with van der Waals surface area (Å²) in [6.45, 7) is 3.83. The average Bonchev–Trinajstić information content (AvgIpc) is 3.29. The minimum absolute atomic E-state index is 0.0978. The molecular formula is C29H26N4O. The molecule has 0 bridgehead atoms. The maximum absolute atomic E-state index is 13.2. The van der Waals surface area contributed by atoms with Crippen LogP contribution in [0.5, 0.6) is 0 Å². The van der Waals surface area contributed by atoms with Crippen molar-refractivity contribution in [1.82, 2.24) is 20.4 Å². The van der Waals surface area contributed by atoms with Crippen molar-refractivity contribution in [2.75, 3.05) is 26.2 Å². The van der Waals surface area contributed by atoms with Crippen molar-refractivity contribution in [3.05, 3.63) is 89.6 Å². The second-order valence-corrected chi connectivity index (χ2v) is 9.41. The van der Waals surface area contributed by atoms with Gasteiger partial charge in [-0.25, -0.2) is 0 Å². The van der Waals surface area contributed by atoms with Gasteiger partial charge in [-0.2, -0.15) is 5.10 Å². The van der Waals surface area contributed by atoms with Crippen LogP contribution in [0.4, 0.5) is 0 Å². The molecule has 2 aliphatic rings. The lowest BCUT2D eigenvalue weighted by Gasteiger charge is -2.52. The molecule has 5 heteroatoms.